The molecular formula is C21H23NO. The quantitative estimate of drug-likeness (QED) is 0.764. The van der Waals surface area contributed by atoms with Gasteiger partial charge in [0.1, 0.15) is 0 Å². The number of carbonyl (C=O) groups is 1. The predicted molar refractivity (Wildman–Crippen MR) is 94.3 cm³/mol. The standard InChI is InChI=1S/C21H23NO/c1-3-20(16(2)23)19-14-22(15-19)21(17-10-6-4-7-11-17)18-12-8-5-9-13-18/h4-13,21H,3,14-15H2,1-2H3. The van der Waals surface area contributed by atoms with Gasteiger partial charge in [-0.25, -0.2) is 0 Å². The van der Waals surface area contributed by atoms with Gasteiger partial charge in [0.15, 0.2) is 5.78 Å². The van der Waals surface area contributed by atoms with Crippen LogP contribution in [0.2, 0.25) is 0 Å². The molecule has 1 fully saturated rings. The average molecular weight is 305 g/mol. The van der Waals surface area contributed by atoms with Crippen molar-refractivity contribution in [2.75, 3.05) is 13.1 Å². The molecule has 0 unspecified atom stereocenters. The number of Topliss-reactive ketones (excluding diaryl/α,β-unsaturated/α-hetero) is 1. The van der Waals surface area contributed by atoms with E-state index in [0.29, 0.717) is 0 Å². The molecule has 0 amide bonds. The predicted octanol–water partition coefficient (Wildman–Crippen LogP) is 4.39. The molecule has 2 nitrogen and oxygen atoms in total. The van der Waals surface area contributed by atoms with Crippen molar-refractivity contribution in [1.82, 2.24) is 4.90 Å². The fourth-order valence-corrected chi connectivity index (χ4v) is 3.45. The molecule has 3 rings (SSSR count). The van der Waals surface area contributed by atoms with E-state index in [1.165, 1.54) is 16.7 Å². The van der Waals surface area contributed by atoms with Crippen LogP contribution in [0, 0.1) is 0 Å². The highest BCUT2D eigenvalue weighted by molar-refractivity contribution is 5.94. The summed E-state index contributed by atoms with van der Waals surface area (Å²) in [4.78, 5) is 14.2. The number of carbonyl (C=O) groups excluding carboxylic acids is 1. The molecule has 0 spiro atoms. The number of benzene rings is 2. The lowest BCUT2D eigenvalue weighted by atomic mass is 9.90. The van der Waals surface area contributed by atoms with Crippen molar-refractivity contribution < 1.29 is 4.79 Å². The molecule has 0 aliphatic carbocycles. The molecule has 1 heterocycles. The van der Waals surface area contributed by atoms with Gasteiger partial charge in [-0.3, -0.25) is 9.69 Å². The van der Waals surface area contributed by atoms with Crippen molar-refractivity contribution in [3.63, 3.8) is 0 Å². The van der Waals surface area contributed by atoms with E-state index in [9.17, 15) is 4.79 Å². The maximum Gasteiger partial charge on any atom is 0.155 e. The second-order valence-corrected chi connectivity index (χ2v) is 6.12. The number of rotatable bonds is 5. The minimum atomic E-state index is 0.220. The molecule has 1 aliphatic heterocycles. The largest absolute Gasteiger partial charge is 0.295 e. The molecule has 23 heavy (non-hydrogen) atoms. The molecular weight excluding hydrogens is 282 g/mol. The Morgan fingerprint density at radius 1 is 0.957 bits per heavy atom. The van der Waals surface area contributed by atoms with Crippen LogP contribution in [0.3, 0.4) is 0 Å². The normalized spacial score (nSPS) is 14.7. The van der Waals surface area contributed by atoms with Crippen molar-refractivity contribution in [3.05, 3.63) is 82.9 Å². The zero-order valence-corrected chi connectivity index (χ0v) is 13.8. The van der Waals surface area contributed by atoms with E-state index in [0.717, 1.165) is 25.1 Å². The molecule has 2 aromatic rings. The van der Waals surface area contributed by atoms with Gasteiger partial charge in [-0.05, 0) is 35.6 Å². The molecule has 1 saturated heterocycles. The minimum Gasteiger partial charge on any atom is -0.295 e. The van der Waals surface area contributed by atoms with Crippen LogP contribution in [0.1, 0.15) is 37.4 Å². The van der Waals surface area contributed by atoms with Crippen molar-refractivity contribution in [1.29, 1.82) is 0 Å². The highest BCUT2D eigenvalue weighted by atomic mass is 16.1. The van der Waals surface area contributed by atoms with Gasteiger partial charge in [0.05, 0.1) is 6.04 Å². The molecule has 0 bridgehead atoms. The van der Waals surface area contributed by atoms with Crippen LogP contribution in [-0.2, 0) is 4.79 Å². The second kappa shape index (κ2) is 6.93. The Hall–Kier alpha value is -2.19. The van der Waals surface area contributed by atoms with Crippen molar-refractivity contribution >= 4 is 5.78 Å². The summed E-state index contributed by atoms with van der Waals surface area (Å²) in [6, 6.07) is 21.5. The number of nitrogens with zero attached hydrogens (tertiary/aromatic N) is 1. The first-order valence-electron chi connectivity index (χ1n) is 8.26. The monoisotopic (exact) mass is 305 g/mol. The van der Waals surface area contributed by atoms with Crippen LogP contribution in [0.25, 0.3) is 0 Å². The molecule has 2 heteroatoms. The molecule has 0 N–H and O–H groups in total. The highest BCUT2D eigenvalue weighted by Gasteiger charge is 2.32. The van der Waals surface area contributed by atoms with Crippen LogP contribution in [0.5, 0.6) is 0 Å². The van der Waals surface area contributed by atoms with E-state index in [-0.39, 0.29) is 11.8 Å². The van der Waals surface area contributed by atoms with E-state index < -0.39 is 0 Å². The Morgan fingerprint density at radius 2 is 1.43 bits per heavy atom. The summed E-state index contributed by atoms with van der Waals surface area (Å²) in [5.74, 6) is 0.220. The third-order valence-electron chi connectivity index (χ3n) is 4.59. The van der Waals surface area contributed by atoms with Gasteiger partial charge < -0.3 is 0 Å². The Morgan fingerprint density at radius 3 is 1.83 bits per heavy atom. The van der Waals surface area contributed by atoms with Gasteiger partial charge >= 0.3 is 0 Å². The fraction of sp³-hybridized carbons (Fsp3) is 0.286. The maximum absolute atomic E-state index is 11.7. The van der Waals surface area contributed by atoms with E-state index in [4.69, 9.17) is 0 Å². The minimum absolute atomic E-state index is 0.220. The lowest BCUT2D eigenvalue weighted by Crippen LogP contribution is -2.44. The van der Waals surface area contributed by atoms with Gasteiger partial charge in [0.2, 0.25) is 0 Å². The smallest absolute Gasteiger partial charge is 0.155 e. The number of hydrogen-bond acceptors (Lipinski definition) is 2. The lowest BCUT2D eigenvalue weighted by molar-refractivity contribution is -0.113. The summed E-state index contributed by atoms with van der Waals surface area (Å²) in [5, 5.41) is 0. The van der Waals surface area contributed by atoms with E-state index in [1.807, 2.05) is 0 Å². The third kappa shape index (κ3) is 3.27. The maximum atomic E-state index is 11.7. The van der Waals surface area contributed by atoms with Gasteiger partial charge in [-0.2, -0.15) is 0 Å². The van der Waals surface area contributed by atoms with E-state index in [2.05, 4.69) is 72.5 Å². The van der Waals surface area contributed by atoms with Gasteiger partial charge in [-0.1, -0.05) is 67.6 Å². The topological polar surface area (TPSA) is 20.3 Å². The number of ketones is 1. The first-order valence-corrected chi connectivity index (χ1v) is 8.26. The van der Waals surface area contributed by atoms with Crippen LogP contribution in [0.15, 0.2) is 71.8 Å². The Labute approximate surface area is 138 Å². The van der Waals surface area contributed by atoms with E-state index >= 15 is 0 Å². The highest BCUT2D eigenvalue weighted by Crippen LogP contribution is 2.35. The Kier molecular flexibility index (Phi) is 4.73. The van der Waals surface area contributed by atoms with Gasteiger partial charge in [0.25, 0.3) is 0 Å². The van der Waals surface area contributed by atoms with Gasteiger partial charge in [-0.15, -0.1) is 0 Å². The summed E-state index contributed by atoms with van der Waals surface area (Å²) in [7, 11) is 0. The molecule has 0 saturated carbocycles. The first-order chi connectivity index (χ1) is 11.2. The molecule has 2 aromatic carbocycles. The summed E-state index contributed by atoms with van der Waals surface area (Å²) in [6.45, 7) is 5.52. The molecule has 0 aromatic heterocycles. The summed E-state index contributed by atoms with van der Waals surface area (Å²) < 4.78 is 0. The number of likely N-dealkylation sites (tertiary alicyclic amines) is 1. The van der Waals surface area contributed by atoms with Crippen LogP contribution < -0.4 is 0 Å². The molecule has 118 valence electrons. The Balaban J connectivity index is 1.89. The van der Waals surface area contributed by atoms with Crippen molar-refractivity contribution in [2.24, 2.45) is 0 Å². The zero-order valence-electron chi connectivity index (χ0n) is 13.8. The van der Waals surface area contributed by atoms with Crippen molar-refractivity contribution in [2.45, 2.75) is 26.3 Å². The fourth-order valence-electron chi connectivity index (χ4n) is 3.45. The lowest BCUT2D eigenvalue weighted by Gasteiger charge is -2.42. The zero-order chi connectivity index (χ0) is 16.2. The number of allylic oxidation sites excluding steroid dienone is 1. The van der Waals surface area contributed by atoms with Crippen LogP contribution in [0.4, 0.5) is 0 Å². The van der Waals surface area contributed by atoms with Gasteiger partial charge in [0, 0.05) is 13.1 Å². The van der Waals surface area contributed by atoms with Crippen LogP contribution >= 0.6 is 0 Å². The second-order valence-electron chi connectivity index (χ2n) is 6.12. The molecule has 1 aliphatic rings. The van der Waals surface area contributed by atoms with Crippen LogP contribution in [-0.4, -0.2) is 23.8 Å². The molecule has 0 radical (unpaired) electrons. The van der Waals surface area contributed by atoms with E-state index in [1.54, 1.807) is 6.92 Å². The number of hydrogen-bond donors (Lipinski definition) is 0. The summed E-state index contributed by atoms with van der Waals surface area (Å²) in [5.41, 5.74) is 4.93. The van der Waals surface area contributed by atoms with Crippen molar-refractivity contribution in [3.8, 4) is 0 Å². The average Bonchev–Trinajstić information content (AvgIpc) is 2.54. The molecule has 0 atom stereocenters. The SMILES string of the molecule is CCC(C(C)=O)=C1CN(C(c2ccccc2)c2ccccc2)C1. The summed E-state index contributed by atoms with van der Waals surface area (Å²) >= 11 is 0. The summed E-state index contributed by atoms with van der Waals surface area (Å²) in [6.07, 6.45) is 0.833. The third-order valence-corrected chi connectivity index (χ3v) is 4.59. The first kappa shape index (κ1) is 15.7. The Bertz CT molecular complexity index is 656.